The van der Waals surface area contributed by atoms with Gasteiger partial charge in [-0.1, -0.05) is 0 Å². The Bertz CT molecular complexity index is 664. The Morgan fingerprint density at radius 1 is 1.23 bits per heavy atom. The zero-order valence-corrected chi connectivity index (χ0v) is 13.5. The molecule has 3 amide bonds. The van der Waals surface area contributed by atoms with Crippen molar-refractivity contribution in [3.8, 4) is 10.6 Å². The number of amides is 3. The minimum Gasteiger partial charge on any atom is -0.347 e. The molecule has 0 bridgehead atoms. The van der Waals surface area contributed by atoms with E-state index in [9.17, 15) is 9.59 Å². The van der Waals surface area contributed by atoms with Crippen LogP contribution in [0.5, 0.6) is 0 Å². The molecule has 2 rings (SSSR count). The van der Waals surface area contributed by atoms with Crippen LogP contribution < -0.4 is 10.6 Å². The van der Waals surface area contributed by atoms with E-state index in [0.29, 0.717) is 5.69 Å². The number of likely N-dealkylation sites (N-methyl/N-ethyl adjacent to an activating group) is 1. The summed E-state index contributed by atoms with van der Waals surface area (Å²) >= 11 is 1.58. The maximum absolute atomic E-state index is 11.7. The van der Waals surface area contributed by atoms with Gasteiger partial charge < -0.3 is 15.5 Å². The highest BCUT2D eigenvalue weighted by atomic mass is 32.1. The van der Waals surface area contributed by atoms with Crippen LogP contribution >= 0.6 is 11.3 Å². The Kier molecular flexibility index (Phi) is 5.11. The van der Waals surface area contributed by atoms with Gasteiger partial charge in [0, 0.05) is 36.4 Å². The van der Waals surface area contributed by atoms with Crippen molar-refractivity contribution in [3.05, 3.63) is 35.3 Å². The van der Waals surface area contributed by atoms with E-state index in [2.05, 4.69) is 15.6 Å². The minimum atomic E-state index is -0.409. The number of aryl methyl sites for hydroxylation is 1. The second kappa shape index (κ2) is 7.04. The van der Waals surface area contributed by atoms with Crippen molar-refractivity contribution in [1.82, 2.24) is 15.2 Å². The van der Waals surface area contributed by atoms with Crippen molar-refractivity contribution in [2.24, 2.45) is 0 Å². The van der Waals surface area contributed by atoms with Gasteiger partial charge in [0.15, 0.2) is 0 Å². The molecule has 1 heterocycles. The smallest absolute Gasteiger partial charge is 0.319 e. The number of thiazole rings is 1. The van der Waals surface area contributed by atoms with Gasteiger partial charge in [-0.2, -0.15) is 0 Å². The molecule has 116 valence electrons. The molecule has 0 saturated heterocycles. The summed E-state index contributed by atoms with van der Waals surface area (Å²) in [5.74, 6) is -0.162. The van der Waals surface area contributed by atoms with Crippen molar-refractivity contribution in [3.63, 3.8) is 0 Å². The zero-order valence-electron chi connectivity index (χ0n) is 12.7. The van der Waals surface area contributed by atoms with E-state index in [0.717, 1.165) is 16.3 Å². The second-order valence-corrected chi connectivity index (χ2v) is 5.83. The van der Waals surface area contributed by atoms with Crippen LogP contribution in [0.1, 0.15) is 5.69 Å². The first kappa shape index (κ1) is 16.0. The van der Waals surface area contributed by atoms with E-state index in [-0.39, 0.29) is 12.5 Å². The number of urea groups is 1. The molecule has 0 atom stereocenters. The van der Waals surface area contributed by atoms with Crippen LogP contribution in [0.25, 0.3) is 10.6 Å². The number of hydrogen-bond acceptors (Lipinski definition) is 4. The van der Waals surface area contributed by atoms with Gasteiger partial charge in [-0.3, -0.25) is 4.79 Å². The van der Waals surface area contributed by atoms with Crippen molar-refractivity contribution < 1.29 is 9.59 Å². The molecule has 1 aromatic carbocycles. The molecule has 0 spiro atoms. The molecule has 0 fully saturated rings. The zero-order chi connectivity index (χ0) is 16.1. The first-order valence-corrected chi connectivity index (χ1v) is 7.61. The topological polar surface area (TPSA) is 74.3 Å². The van der Waals surface area contributed by atoms with Gasteiger partial charge in [0.1, 0.15) is 5.01 Å². The van der Waals surface area contributed by atoms with E-state index >= 15 is 0 Å². The van der Waals surface area contributed by atoms with Gasteiger partial charge in [-0.15, -0.1) is 11.3 Å². The standard InChI is InChI=1S/C15H18N4O2S/c1-10-9-22-14(17-10)11-4-6-12(7-5-11)18-15(21)16-8-13(20)19(2)3/h4-7,9H,8H2,1-3H3,(H2,16,18,21). The number of rotatable bonds is 4. The van der Waals surface area contributed by atoms with Crippen LogP contribution in [0.2, 0.25) is 0 Å². The summed E-state index contributed by atoms with van der Waals surface area (Å²) in [4.78, 5) is 28.9. The van der Waals surface area contributed by atoms with Gasteiger partial charge in [0.05, 0.1) is 6.54 Å². The number of aromatic nitrogens is 1. The highest BCUT2D eigenvalue weighted by Gasteiger charge is 2.07. The lowest BCUT2D eigenvalue weighted by Gasteiger charge is -2.11. The van der Waals surface area contributed by atoms with Crippen molar-refractivity contribution in [1.29, 1.82) is 0 Å². The van der Waals surface area contributed by atoms with Gasteiger partial charge in [0.2, 0.25) is 5.91 Å². The fourth-order valence-corrected chi connectivity index (χ4v) is 2.48. The Labute approximate surface area is 133 Å². The average molecular weight is 318 g/mol. The largest absolute Gasteiger partial charge is 0.347 e. The summed E-state index contributed by atoms with van der Waals surface area (Å²) in [6, 6.07) is 7.00. The van der Waals surface area contributed by atoms with Crippen LogP contribution in [0.4, 0.5) is 10.5 Å². The van der Waals surface area contributed by atoms with E-state index < -0.39 is 6.03 Å². The molecule has 6 nitrogen and oxygen atoms in total. The molecule has 0 unspecified atom stereocenters. The summed E-state index contributed by atoms with van der Waals surface area (Å²) in [5.41, 5.74) is 2.66. The first-order valence-electron chi connectivity index (χ1n) is 6.73. The molecule has 22 heavy (non-hydrogen) atoms. The summed E-state index contributed by atoms with van der Waals surface area (Å²) < 4.78 is 0. The lowest BCUT2D eigenvalue weighted by atomic mass is 10.2. The number of carbonyl (C=O) groups excluding carboxylic acids is 2. The maximum Gasteiger partial charge on any atom is 0.319 e. The second-order valence-electron chi connectivity index (χ2n) is 4.97. The van der Waals surface area contributed by atoms with Gasteiger partial charge in [0.25, 0.3) is 0 Å². The fraction of sp³-hybridized carbons (Fsp3) is 0.267. The number of benzene rings is 1. The van der Waals surface area contributed by atoms with Gasteiger partial charge in [-0.25, -0.2) is 9.78 Å². The summed E-state index contributed by atoms with van der Waals surface area (Å²) in [5, 5.41) is 8.14. The van der Waals surface area contributed by atoms with Crippen molar-refractivity contribution in [2.75, 3.05) is 26.0 Å². The summed E-state index contributed by atoms with van der Waals surface area (Å²) in [7, 11) is 3.28. The third-order valence-corrected chi connectivity index (χ3v) is 3.92. The molecule has 2 N–H and O–H groups in total. The van der Waals surface area contributed by atoms with E-state index in [1.165, 1.54) is 4.90 Å². The normalized spacial score (nSPS) is 10.1. The Hall–Kier alpha value is -2.41. The van der Waals surface area contributed by atoms with Crippen LogP contribution in [0, 0.1) is 6.92 Å². The van der Waals surface area contributed by atoms with Gasteiger partial charge in [-0.05, 0) is 31.2 Å². The molecule has 0 radical (unpaired) electrons. The predicted octanol–water partition coefficient (Wildman–Crippen LogP) is 2.33. The Morgan fingerprint density at radius 3 is 2.45 bits per heavy atom. The number of nitrogens with one attached hydrogen (secondary N) is 2. The molecule has 0 aliphatic carbocycles. The molecule has 0 saturated carbocycles. The highest BCUT2D eigenvalue weighted by molar-refractivity contribution is 7.13. The fourth-order valence-electron chi connectivity index (χ4n) is 1.67. The molecule has 2 aromatic rings. The third-order valence-electron chi connectivity index (χ3n) is 2.91. The van der Waals surface area contributed by atoms with E-state index in [4.69, 9.17) is 0 Å². The summed E-state index contributed by atoms with van der Waals surface area (Å²) in [6.07, 6.45) is 0. The van der Waals surface area contributed by atoms with Crippen LogP contribution in [-0.4, -0.2) is 42.5 Å². The lowest BCUT2D eigenvalue weighted by Crippen LogP contribution is -2.38. The molecule has 0 aliphatic heterocycles. The Balaban J connectivity index is 1.91. The van der Waals surface area contributed by atoms with E-state index in [1.807, 2.05) is 24.4 Å². The third kappa shape index (κ3) is 4.29. The molecule has 0 aliphatic rings. The summed E-state index contributed by atoms with van der Waals surface area (Å²) in [6.45, 7) is 1.92. The van der Waals surface area contributed by atoms with Crippen molar-refractivity contribution >= 4 is 29.0 Å². The average Bonchev–Trinajstić information content (AvgIpc) is 2.92. The quantitative estimate of drug-likeness (QED) is 0.908. The molecular formula is C15H18N4O2S. The maximum atomic E-state index is 11.7. The lowest BCUT2D eigenvalue weighted by molar-refractivity contribution is -0.127. The van der Waals surface area contributed by atoms with Crippen LogP contribution in [0.3, 0.4) is 0 Å². The molecule has 7 heteroatoms. The predicted molar refractivity (Wildman–Crippen MR) is 88.0 cm³/mol. The molecular weight excluding hydrogens is 300 g/mol. The highest BCUT2D eigenvalue weighted by Crippen LogP contribution is 2.24. The number of anilines is 1. The number of nitrogens with zero attached hydrogens (tertiary/aromatic N) is 2. The first-order chi connectivity index (χ1) is 10.5. The Morgan fingerprint density at radius 2 is 1.91 bits per heavy atom. The number of carbonyl (C=O) groups is 2. The van der Waals surface area contributed by atoms with Crippen LogP contribution in [0.15, 0.2) is 29.6 Å². The number of hydrogen-bond donors (Lipinski definition) is 2. The minimum absolute atomic E-state index is 0.0324. The van der Waals surface area contributed by atoms with E-state index in [1.54, 1.807) is 37.6 Å². The molecule has 1 aromatic heterocycles. The van der Waals surface area contributed by atoms with Gasteiger partial charge >= 0.3 is 6.03 Å². The monoisotopic (exact) mass is 318 g/mol. The van der Waals surface area contributed by atoms with Crippen molar-refractivity contribution in [2.45, 2.75) is 6.92 Å². The van der Waals surface area contributed by atoms with Crippen LogP contribution in [-0.2, 0) is 4.79 Å². The SMILES string of the molecule is Cc1csc(-c2ccc(NC(=O)NCC(=O)N(C)C)cc2)n1.